The van der Waals surface area contributed by atoms with Crippen molar-refractivity contribution in [3.05, 3.63) is 44.4 Å². The highest BCUT2D eigenvalue weighted by molar-refractivity contribution is 14.1. The Morgan fingerprint density at radius 3 is 2.73 bits per heavy atom. The number of ketones is 1. The van der Waals surface area contributed by atoms with Crippen LogP contribution in [0.1, 0.15) is 38.4 Å². The Labute approximate surface area is 141 Å². The number of nitrogens with zero attached hydrogens (tertiary/aromatic N) is 1. The smallest absolute Gasteiger partial charge is 0.205 e. The van der Waals surface area contributed by atoms with E-state index < -0.39 is 5.92 Å². The number of hydrogen-bond donors (Lipinski definition) is 1. The quantitative estimate of drug-likeness (QED) is 0.718. The Morgan fingerprint density at radius 1 is 1.41 bits per heavy atom. The van der Waals surface area contributed by atoms with E-state index in [-0.39, 0.29) is 22.7 Å². The van der Waals surface area contributed by atoms with Crippen molar-refractivity contribution >= 4 is 28.4 Å². The van der Waals surface area contributed by atoms with Crippen LogP contribution in [-0.2, 0) is 9.53 Å². The van der Waals surface area contributed by atoms with Crippen LogP contribution in [0.3, 0.4) is 0 Å². The number of nitriles is 1. The summed E-state index contributed by atoms with van der Waals surface area (Å²) in [7, 11) is 0. The molecular formula is C16H15IN2O3. The van der Waals surface area contributed by atoms with Gasteiger partial charge in [-0.3, -0.25) is 4.79 Å². The molecule has 2 aliphatic rings. The molecule has 0 radical (unpaired) electrons. The zero-order valence-corrected chi connectivity index (χ0v) is 14.4. The van der Waals surface area contributed by atoms with E-state index in [1.54, 1.807) is 12.1 Å². The summed E-state index contributed by atoms with van der Waals surface area (Å²) in [5.41, 5.74) is 6.48. The van der Waals surface area contributed by atoms with Gasteiger partial charge in [0, 0.05) is 18.4 Å². The Kier molecular flexibility index (Phi) is 3.56. The van der Waals surface area contributed by atoms with Gasteiger partial charge >= 0.3 is 0 Å². The summed E-state index contributed by atoms with van der Waals surface area (Å²) in [6, 6.07) is 5.64. The second-order valence-electron chi connectivity index (χ2n) is 6.34. The molecule has 22 heavy (non-hydrogen) atoms. The minimum absolute atomic E-state index is 0.0112. The van der Waals surface area contributed by atoms with Gasteiger partial charge in [0.1, 0.15) is 23.2 Å². The topological polar surface area (TPSA) is 89.2 Å². The van der Waals surface area contributed by atoms with E-state index in [9.17, 15) is 10.1 Å². The number of allylic oxidation sites excluding steroid dienone is 3. The van der Waals surface area contributed by atoms with Gasteiger partial charge in [0.2, 0.25) is 5.88 Å². The molecule has 1 unspecified atom stereocenters. The molecule has 0 fully saturated rings. The maximum Gasteiger partial charge on any atom is 0.205 e. The predicted octanol–water partition coefficient (Wildman–Crippen LogP) is 3.34. The number of halogens is 1. The summed E-state index contributed by atoms with van der Waals surface area (Å²) < 4.78 is 12.0. The number of furan rings is 1. The molecule has 6 heteroatoms. The molecule has 0 aromatic carbocycles. The number of rotatable bonds is 1. The van der Waals surface area contributed by atoms with Crippen molar-refractivity contribution < 1.29 is 13.9 Å². The molecule has 0 saturated carbocycles. The number of carbonyl (C=O) groups excluding carboxylic acids is 1. The van der Waals surface area contributed by atoms with E-state index >= 15 is 0 Å². The number of hydrogen-bond acceptors (Lipinski definition) is 5. The second kappa shape index (κ2) is 5.16. The average Bonchev–Trinajstić information content (AvgIpc) is 2.82. The van der Waals surface area contributed by atoms with Gasteiger partial charge in [0.15, 0.2) is 9.55 Å². The lowest BCUT2D eigenvalue weighted by Gasteiger charge is -2.36. The van der Waals surface area contributed by atoms with Crippen LogP contribution in [0.25, 0.3) is 0 Å². The number of ether oxygens (including phenoxy) is 1. The molecule has 114 valence electrons. The standard InChI is InChI=1S/C16H15IN2O3/c1-16(2)5-9(20)14-11(6-16)22-15(19)8(7-18)13(14)10-3-4-12(17)21-10/h3-4,13H,5-6,19H2,1-2H3. The van der Waals surface area contributed by atoms with Crippen LogP contribution < -0.4 is 5.73 Å². The Balaban J connectivity index is 2.17. The Hall–Kier alpha value is -1.75. The molecule has 0 saturated heterocycles. The van der Waals surface area contributed by atoms with E-state index in [1.807, 2.05) is 13.8 Å². The summed E-state index contributed by atoms with van der Waals surface area (Å²) >= 11 is 2.05. The molecule has 2 N–H and O–H groups in total. The van der Waals surface area contributed by atoms with E-state index in [2.05, 4.69) is 28.7 Å². The summed E-state index contributed by atoms with van der Waals surface area (Å²) in [4.78, 5) is 12.6. The molecule has 0 amide bonds. The van der Waals surface area contributed by atoms with Crippen molar-refractivity contribution in [3.8, 4) is 6.07 Å². The lowest BCUT2D eigenvalue weighted by molar-refractivity contribution is -0.119. The second-order valence-corrected chi connectivity index (χ2v) is 7.41. The lowest BCUT2D eigenvalue weighted by atomic mass is 9.71. The van der Waals surface area contributed by atoms with Crippen LogP contribution in [0.2, 0.25) is 0 Å². The third-order valence-electron chi connectivity index (χ3n) is 3.95. The molecule has 1 aromatic rings. The third-order valence-corrected chi connectivity index (χ3v) is 4.53. The van der Waals surface area contributed by atoms with Crippen LogP contribution in [0.15, 0.2) is 39.3 Å². The van der Waals surface area contributed by atoms with Crippen molar-refractivity contribution in [3.63, 3.8) is 0 Å². The normalized spacial score (nSPS) is 23.9. The number of Topliss-reactive ketones (excluding diaryl/α,β-unsaturated/α-hetero) is 1. The highest BCUT2D eigenvalue weighted by atomic mass is 127. The van der Waals surface area contributed by atoms with Gasteiger partial charge < -0.3 is 14.9 Å². The van der Waals surface area contributed by atoms with E-state index in [0.717, 1.165) is 0 Å². The maximum atomic E-state index is 12.6. The summed E-state index contributed by atoms with van der Waals surface area (Å²) in [5.74, 6) is 0.592. The highest BCUT2D eigenvalue weighted by Crippen LogP contribution is 2.48. The molecular weight excluding hydrogens is 395 g/mol. The van der Waals surface area contributed by atoms with Gasteiger partial charge in [0.25, 0.3) is 0 Å². The fraction of sp³-hybridized carbons (Fsp3) is 0.375. The molecule has 0 spiro atoms. The molecule has 1 aliphatic carbocycles. The first-order valence-electron chi connectivity index (χ1n) is 6.91. The van der Waals surface area contributed by atoms with Crippen LogP contribution in [0.5, 0.6) is 0 Å². The molecule has 0 bridgehead atoms. The summed E-state index contributed by atoms with van der Waals surface area (Å²) in [6.07, 6.45) is 1.03. The van der Waals surface area contributed by atoms with Crippen LogP contribution in [0, 0.1) is 20.5 Å². The van der Waals surface area contributed by atoms with Gasteiger partial charge in [-0.25, -0.2) is 0 Å². The number of nitrogens with two attached hydrogens (primary N) is 1. The van der Waals surface area contributed by atoms with Gasteiger partial charge in [-0.05, 0) is 40.1 Å². The van der Waals surface area contributed by atoms with Crippen LogP contribution in [-0.4, -0.2) is 5.78 Å². The van der Waals surface area contributed by atoms with E-state index in [4.69, 9.17) is 14.9 Å². The van der Waals surface area contributed by atoms with E-state index in [0.29, 0.717) is 33.7 Å². The Bertz CT molecular complexity index is 765. The first-order valence-corrected chi connectivity index (χ1v) is 7.99. The zero-order chi connectivity index (χ0) is 16.1. The molecule has 1 atom stereocenters. The lowest BCUT2D eigenvalue weighted by Crippen LogP contribution is -2.33. The van der Waals surface area contributed by atoms with Crippen molar-refractivity contribution in [2.24, 2.45) is 11.1 Å². The van der Waals surface area contributed by atoms with Crippen LogP contribution in [0.4, 0.5) is 0 Å². The molecule has 1 aliphatic heterocycles. The van der Waals surface area contributed by atoms with Crippen molar-refractivity contribution in [2.75, 3.05) is 0 Å². The summed E-state index contributed by atoms with van der Waals surface area (Å²) in [5, 5.41) is 9.43. The van der Waals surface area contributed by atoms with Gasteiger partial charge in [-0.1, -0.05) is 13.8 Å². The molecule has 3 rings (SSSR count). The fourth-order valence-electron chi connectivity index (χ4n) is 3.05. The Morgan fingerprint density at radius 2 is 2.14 bits per heavy atom. The van der Waals surface area contributed by atoms with Gasteiger partial charge in [-0.2, -0.15) is 5.26 Å². The minimum Gasteiger partial charge on any atom is -0.454 e. The van der Waals surface area contributed by atoms with Gasteiger partial charge in [0.05, 0.1) is 5.92 Å². The first kappa shape index (κ1) is 15.2. The molecule has 1 aromatic heterocycles. The SMILES string of the molecule is CC1(C)CC(=O)C2=C(C1)OC(N)=C(C#N)C2c1ccc(I)o1. The first-order chi connectivity index (χ1) is 10.3. The fourth-order valence-corrected chi connectivity index (χ4v) is 3.49. The predicted molar refractivity (Wildman–Crippen MR) is 87.1 cm³/mol. The molecule has 5 nitrogen and oxygen atoms in total. The van der Waals surface area contributed by atoms with Crippen LogP contribution >= 0.6 is 22.6 Å². The van der Waals surface area contributed by atoms with Crippen molar-refractivity contribution in [2.45, 2.75) is 32.6 Å². The summed E-state index contributed by atoms with van der Waals surface area (Å²) in [6.45, 7) is 4.03. The van der Waals surface area contributed by atoms with Crippen molar-refractivity contribution in [1.29, 1.82) is 5.26 Å². The molecule has 2 heterocycles. The third kappa shape index (κ3) is 2.43. The van der Waals surface area contributed by atoms with E-state index in [1.165, 1.54) is 0 Å². The monoisotopic (exact) mass is 410 g/mol. The minimum atomic E-state index is -0.569. The van der Waals surface area contributed by atoms with Crippen molar-refractivity contribution in [1.82, 2.24) is 0 Å². The maximum absolute atomic E-state index is 12.6. The average molecular weight is 410 g/mol. The highest BCUT2D eigenvalue weighted by Gasteiger charge is 2.44. The number of carbonyl (C=O) groups is 1. The van der Waals surface area contributed by atoms with Gasteiger partial charge in [-0.15, -0.1) is 0 Å². The zero-order valence-electron chi connectivity index (χ0n) is 12.3. The largest absolute Gasteiger partial charge is 0.454 e.